The van der Waals surface area contributed by atoms with Crippen LogP contribution in [0.3, 0.4) is 0 Å². The van der Waals surface area contributed by atoms with E-state index in [-0.39, 0.29) is 11.1 Å². The molecule has 0 amide bonds. The molecule has 1 aromatic carbocycles. The molecule has 0 unspecified atom stereocenters. The summed E-state index contributed by atoms with van der Waals surface area (Å²) in [5, 5.41) is 2.82. The van der Waals surface area contributed by atoms with Crippen molar-refractivity contribution in [1.29, 1.82) is 0 Å². The third kappa shape index (κ3) is 2.04. The molecule has 1 aromatic rings. The Morgan fingerprint density at radius 3 is 2.69 bits per heavy atom. The Morgan fingerprint density at radius 1 is 1.38 bits per heavy atom. The first-order valence-corrected chi connectivity index (χ1v) is 5.48. The van der Waals surface area contributed by atoms with Crippen LogP contribution in [0.1, 0.15) is 36.4 Å². The molecule has 1 N–H and O–H groups in total. The van der Waals surface area contributed by atoms with E-state index in [2.05, 4.69) is 5.32 Å². The lowest BCUT2D eigenvalue weighted by atomic mass is 9.99. The van der Waals surface area contributed by atoms with Gasteiger partial charge in [-0.3, -0.25) is 0 Å². The van der Waals surface area contributed by atoms with Crippen LogP contribution in [-0.2, 0) is 0 Å². The highest BCUT2D eigenvalue weighted by Gasteiger charge is 2.26. The maximum Gasteiger partial charge on any atom is 0.267 e. The quantitative estimate of drug-likeness (QED) is 0.840. The van der Waals surface area contributed by atoms with Gasteiger partial charge in [0.1, 0.15) is 0 Å². The van der Waals surface area contributed by atoms with Crippen LogP contribution < -0.4 is 5.32 Å². The van der Waals surface area contributed by atoms with E-state index >= 15 is 0 Å². The van der Waals surface area contributed by atoms with E-state index in [4.69, 9.17) is 11.6 Å². The molecule has 0 radical (unpaired) electrons. The SMILES string of the molecule is Fc1c(Cl)ccc([C@H]2CCCN2)c1C(F)F. The van der Waals surface area contributed by atoms with Gasteiger partial charge in [-0.2, -0.15) is 0 Å². The Kier molecular flexibility index (Phi) is 3.40. The van der Waals surface area contributed by atoms with Gasteiger partial charge in [-0.15, -0.1) is 0 Å². The van der Waals surface area contributed by atoms with Gasteiger partial charge in [-0.25, -0.2) is 13.2 Å². The molecule has 1 aliphatic heterocycles. The third-order valence-electron chi connectivity index (χ3n) is 2.82. The minimum atomic E-state index is -2.84. The fourth-order valence-corrected chi connectivity index (χ4v) is 2.22. The molecule has 0 aromatic heterocycles. The van der Waals surface area contributed by atoms with Crippen LogP contribution in [0, 0.1) is 5.82 Å². The van der Waals surface area contributed by atoms with Crippen molar-refractivity contribution >= 4 is 11.6 Å². The maximum atomic E-state index is 13.5. The van der Waals surface area contributed by atoms with Crippen LogP contribution in [0.25, 0.3) is 0 Å². The Balaban J connectivity index is 2.47. The van der Waals surface area contributed by atoms with Crippen LogP contribution in [0.5, 0.6) is 0 Å². The first kappa shape index (κ1) is 11.7. The van der Waals surface area contributed by atoms with Gasteiger partial charge in [0.2, 0.25) is 0 Å². The molecule has 1 nitrogen and oxygen atoms in total. The van der Waals surface area contributed by atoms with Crippen LogP contribution in [0.4, 0.5) is 13.2 Å². The number of halogens is 4. The average Bonchev–Trinajstić information content (AvgIpc) is 2.74. The first-order valence-electron chi connectivity index (χ1n) is 5.10. The van der Waals surface area contributed by atoms with E-state index in [9.17, 15) is 13.2 Å². The summed E-state index contributed by atoms with van der Waals surface area (Å²) in [5.74, 6) is -0.997. The number of alkyl halides is 2. The highest BCUT2D eigenvalue weighted by Crippen LogP contribution is 2.35. The first-order chi connectivity index (χ1) is 7.61. The van der Waals surface area contributed by atoms with Gasteiger partial charge in [0.05, 0.1) is 10.6 Å². The number of hydrogen-bond donors (Lipinski definition) is 1. The Bertz CT molecular complexity index is 389. The smallest absolute Gasteiger partial charge is 0.267 e. The molecule has 2 rings (SSSR count). The molecular formula is C11H11ClF3N. The second kappa shape index (κ2) is 4.63. The second-order valence-electron chi connectivity index (χ2n) is 3.81. The summed E-state index contributed by atoms with van der Waals surface area (Å²) < 4.78 is 39.1. The van der Waals surface area contributed by atoms with Crippen molar-refractivity contribution in [3.63, 3.8) is 0 Å². The summed E-state index contributed by atoms with van der Waals surface area (Å²) in [4.78, 5) is 0. The molecule has 1 saturated heterocycles. The molecule has 0 bridgehead atoms. The molecule has 1 aliphatic rings. The van der Waals surface area contributed by atoms with Crippen LogP contribution in [-0.4, -0.2) is 6.54 Å². The molecule has 0 saturated carbocycles. The molecule has 1 fully saturated rings. The van der Waals surface area contributed by atoms with E-state index in [0.29, 0.717) is 5.56 Å². The number of rotatable bonds is 2. The normalized spacial score (nSPS) is 20.7. The van der Waals surface area contributed by atoms with Crippen LogP contribution >= 0.6 is 11.6 Å². The highest BCUT2D eigenvalue weighted by atomic mass is 35.5. The average molecular weight is 250 g/mol. The number of nitrogens with one attached hydrogen (secondary N) is 1. The second-order valence-corrected chi connectivity index (χ2v) is 4.22. The summed E-state index contributed by atoms with van der Waals surface area (Å²) in [6.45, 7) is 0.775. The largest absolute Gasteiger partial charge is 0.310 e. The predicted molar refractivity (Wildman–Crippen MR) is 56.3 cm³/mol. The summed E-state index contributed by atoms with van der Waals surface area (Å²) in [7, 11) is 0. The Hall–Kier alpha value is -0.740. The summed E-state index contributed by atoms with van der Waals surface area (Å²) >= 11 is 5.51. The summed E-state index contributed by atoms with van der Waals surface area (Å²) in [6, 6.07) is 2.63. The summed E-state index contributed by atoms with van der Waals surface area (Å²) in [5.41, 5.74) is -0.235. The van der Waals surface area contributed by atoms with Crippen molar-refractivity contribution in [3.05, 3.63) is 34.1 Å². The van der Waals surface area contributed by atoms with Crippen molar-refractivity contribution in [2.24, 2.45) is 0 Å². The monoisotopic (exact) mass is 249 g/mol. The van der Waals surface area contributed by atoms with E-state index in [0.717, 1.165) is 19.4 Å². The minimum Gasteiger partial charge on any atom is -0.310 e. The summed E-state index contributed by atoms with van der Waals surface area (Å²) in [6.07, 6.45) is -1.17. The zero-order chi connectivity index (χ0) is 11.7. The minimum absolute atomic E-state index is 0.184. The molecule has 5 heteroatoms. The van der Waals surface area contributed by atoms with Crippen molar-refractivity contribution in [2.45, 2.75) is 25.3 Å². The van der Waals surface area contributed by atoms with E-state index in [1.54, 1.807) is 0 Å². The highest BCUT2D eigenvalue weighted by molar-refractivity contribution is 6.30. The fraction of sp³-hybridized carbons (Fsp3) is 0.455. The Morgan fingerprint density at radius 2 is 2.12 bits per heavy atom. The van der Waals surface area contributed by atoms with Crippen LogP contribution in [0.2, 0.25) is 5.02 Å². The number of hydrogen-bond acceptors (Lipinski definition) is 1. The maximum absolute atomic E-state index is 13.5. The van der Waals surface area contributed by atoms with Gasteiger partial charge in [0.15, 0.2) is 5.82 Å². The standard InChI is InChI=1S/C11H11ClF3N/c12-7-4-3-6(8-2-1-5-16-8)9(10(7)13)11(14)15/h3-4,8,11,16H,1-2,5H2/t8-/m1/s1. The van der Waals surface area contributed by atoms with Crippen molar-refractivity contribution < 1.29 is 13.2 Å². The van der Waals surface area contributed by atoms with Gasteiger partial charge in [0.25, 0.3) is 6.43 Å². The molecule has 1 heterocycles. The zero-order valence-corrected chi connectivity index (χ0v) is 9.20. The van der Waals surface area contributed by atoms with Gasteiger partial charge >= 0.3 is 0 Å². The predicted octanol–water partition coefficient (Wildman–Crippen LogP) is 3.84. The van der Waals surface area contributed by atoms with Gasteiger partial charge in [-0.1, -0.05) is 17.7 Å². The zero-order valence-electron chi connectivity index (χ0n) is 8.44. The fourth-order valence-electron chi connectivity index (χ4n) is 2.06. The van der Waals surface area contributed by atoms with Gasteiger partial charge < -0.3 is 5.32 Å². The number of benzene rings is 1. The van der Waals surface area contributed by atoms with Crippen molar-refractivity contribution in [2.75, 3.05) is 6.54 Å². The molecule has 0 aliphatic carbocycles. The molecule has 16 heavy (non-hydrogen) atoms. The van der Waals surface area contributed by atoms with E-state index in [1.165, 1.54) is 12.1 Å². The van der Waals surface area contributed by atoms with Crippen LogP contribution in [0.15, 0.2) is 12.1 Å². The Labute approximate surface area is 96.6 Å². The van der Waals surface area contributed by atoms with Crippen molar-refractivity contribution in [3.8, 4) is 0 Å². The van der Waals surface area contributed by atoms with Gasteiger partial charge in [0, 0.05) is 6.04 Å². The van der Waals surface area contributed by atoms with E-state index in [1.807, 2.05) is 0 Å². The third-order valence-corrected chi connectivity index (χ3v) is 3.11. The molecule has 88 valence electrons. The topological polar surface area (TPSA) is 12.0 Å². The van der Waals surface area contributed by atoms with Crippen molar-refractivity contribution in [1.82, 2.24) is 5.32 Å². The van der Waals surface area contributed by atoms with Gasteiger partial charge in [-0.05, 0) is 31.0 Å². The lowest BCUT2D eigenvalue weighted by molar-refractivity contribution is 0.144. The molecule has 1 atom stereocenters. The molecule has 0 spiro atoms. The molecular weight excluding hydrogens is 239 g/mol. The lowest BCUT2D eigenvalue weighted by Crippen LogP contribution is -2.15. The van der Waals surface area contributed by atoms with E-state index < -0.39 is 17.8 Å². The lowest BCUT2D eigenvalue weighted by Gasteiger charge is -2.16.